The first-order valence-corrected chi connectivity index (χ1v) is 7.07. The van der Waals surface area contributed by atoms with Gasteiger partial charge in [-0.3, -0.25) is 0 Å². The first-order chi connectivity index (χ1) is 9.92. The second kappa shape index (κ2) is 6.16. The molecule has 0 aliphatic carbocycles. The van der Waals surface area contributed by atoms with Gasteiger partial charge in [0.25, 0.3) is 0 Å². The summed E-state index contributed by atoms with van der Waals surface area (Å²) in [5.41, 5.74) is 1.86. The predicted octanol–water partition coefficient (Wildman–Crippen LogP) is 3.94. The zero-order valence-corrected chi connectivity index (χ0v) is 11.5. The molecule has 0 saturated carbocycles. The van der Waals surface area contributed by atoms with Crippen LogP contribution < -0.4 is 10.1 Å². The van der Waals surface area contributed by atoms with Gasteiger partial charge in [-0.05, 0) is 35.8 Å². The molecule has 2 aromatic carbocycles. The van der Waals surface area contributed by atoms with Crippen molar-refractivity contribution in [3.63, 3.8) is 0 Å². The molecule has 5 heteroatoms. The van der Waals surface area contributed by atoms with Crippen molar-refractivity contribution in [1.82, 2.24) is 9.59 Å². The number of para-hydroxylation sites is 3. The van der Waals surface area contributed by atoms with Crippen LogP contribution in [0.25, 0.3) is 0 Å². The summed E-state index contributed by atoms with van der Waals surface area (Å²) in [5.74, 6) is 1.61. The molecule has 0 bridgehead atoms. The van der Waals surface area contributed by atoms with Crippen LogP contribution in [0.5, 0.6) is 11.5 Å². The third-order valence-electron chi connectivity index (χ3n) is 2.72. The highest BCUT2D eigenvalue weighted by Crippen LogP contribution is 2.29. The van der Waals surface area contributed by atoms with Crippen LogP contribution in [0.2, 0.25) is 0 Å². The van der Waals surface area contributed by atoms with Crippen LogP contribution in [-0.4, -0.2) is 9.59 Å². The van der Waals surface area contributed by atoms with E-state index in [9.17, 15) is 0 Å². The van der Waals surface area contributed by atoms with E-state index in [2.05, 4.69) is 14.9 Å². The number of benzene rings is 2. The Hall–Kier alpha value is -2.40. The van der Waals surface area contributed by atoms with Crippen molar-refractivity contribution in [3.8, 4) is 11.5 Å². The molecular weight excluding hydrogens is 270 g/mol. The molecule has 1 heterocycles. The number of hydrogen-bond acceptors (Lipinski definition) is 5. The lowest BCUT2D eigenvalue weighted by atomic mass is 10.2. The fourth-order valence-corrected chi connectivity index (χ4v) is 2.22. The predicted molar refractivity (Wildman–Crippen MR) is 80.2 cm³/mol. The number of nitrogens with one attached hydrogen (secondary N) is 1. The molecule has 0 unspecified atom stereocenters. The summed E-state index contributed by atoms with van der Waals surface area (Å²) in [7, 11) is 0. The fourth-order valence-electron chi connectivity index (χ4n) is 1.76. The maximum absolute atomic E-state index is 5.88. The van der Waals surface area contributed by atoms with E-state index in [4.69, 9.17) is 4.74 Å². The van der Waals surface area contributed by atoms with Crippen molar-refractivity contribution in [1.29, 1.82) is 0 Å². The fraction of sp³-hybridized carbons (Fsp3) is 0.0667. The SMILES string of the molecule is c1ccc(Oc2ccccc2NCc2csnn2)cc1. The Morgan fingerprint density at radius 2 is 1.80 bits per heavy atom. The standard InChI is InChI=1S/C15H13N3OS/c1-2-6-13(7-3-1)19-15-9-5-4-8-14(15)16-10-12-11-20-18-17-12/h1-9,11,16H,10H2. The molecule has 0 radical (unpaired) electrons. The zero-order valence-electron chi connectivity index (χ0n) is 10.7. The molecule has 1 N–H and O–H groups in total. The minimum Gasteiger partial charge on any atom is -0.455 e. The number of nitrogens with zero attached hydrogens (tertiary/aromatic N) is 2. The Labute approximate surface area is 121 Å². The molecular formula is C15H13N3OS. The normalized spacial score (nSPS) is 10.2. The number of hydrogen-bond donors (Lipinski definition) is 1. The Bertz CT molecular complexity index is 656. The summed E-state index contributed by atoms with van der Waals surface area (Å²) in [6.07, 6.45) is 0. The monoisotopic (exact) mass is 283 g/mol. The molecule has 0 atom stereocenters. The third kappa shape index (κ3) is 3.13. The van der Waals surface area contributed by atoms with E-state index in [1.54, 1.807) is 0 Å². The minimum absolute atomic E-state index is 0.631. The molecule has 0 spiro atoms. The van der Waals surface area contributed by atoms with Gasteiger partial charge in [0.15, 0.2) is 5.75 Å². The average molecular weight is 283 g/mol. The summed E-state index contributed by atoms with van der Waals surface area (Å²) < 4.78 is 9.73. The van der Waals surface area contributed by atoms with Gasteiger partial charge in [-0.25, -0.2) is 0 Å². The van der Waals surface area contributed by atoms with Gasteiger partial charge in [0.05, 0.1) is 17.9 Å². The van der Waals surface area contributed by atoms with Crippen molar-refractivity contribution in [2.45, 2.75) is 6.54 Å². The highest BCUT2D eigenvalue weighted by molar-refractivity contribution is 7.03. The maximum Gasteiger partial charge on any atom is 0.150 e. The van der Waals surface area contributed by atoms with Crippen molar-refractivity contribution < 1.29 is 4.74 Å². The van der Waals surface area contributed by atoms with Gasteiger partial charge in [-0.2, -0.15) is 0 Å². The van der Waals surface area contributed by atoms with Crippen molar-refractivity contribution >= 4 is 17.2 Å². The average Bonchev–Trinajstić information content (AvgIpc) is 3.01. The van der Waals surface area contributed by atoms with Gasteiger partial charge in [0, 0.05) is 5.38 Å². The molecule has 0 aliphatic rings. The highest BCUT2D eigenvalue weighted by Gasteiger charge is 2.04. The lowest BCUT2D eigenvalue weighted by Gasteiger charge is -2.12. The van der Waals surface area contributed by atoms with Gasteiger partial charge < -0.3 is 10.1 Å². The largest absolute Gasteiger partial charge is 0.455 e. The smallest absolute Gasteiger partial charge is 0.150 e. The highest BCUT2D eigenvalue weighted by atomic mass is 32.1. The van der Waals surface area contributed by atoms with Gasteiger partial charge in [-0.15, -0.1) is 5.10 Å². The van der Waals surface area contributed by atoms with Crippen LogP contribution in [0, 0.1) is 0 Å². The molecule has 3 rings (SSSR count). The molecule has 0 fully saturated rings. The molecule has 4 nitrogen and oxygen atoms in total. The second-order valence-electron chi connectivity index (χ2n) is 4.16. The van der Waals surface area contributed by atoms with Crippen LogP contribution in [0.1, 0.15) is 5.69 Å². The van der Waals surface area contributed by atoms with Gasteiger partial charge in [0.1, 0.15) is 5.75 Å². The second-order valence-corrected chi connectivity index (χ2v) is 4.77. The number of ether oxygens (including phenoxy) is 1. The van der Waals surface area contributed by atoms with E-state index in [0.29, 0.717) is 6.54 Å². The van der Waals surface area contributed by atoms with Crippen LogP contribution in [0.4, 0.5) is 5.69 Å². The first-order valence-electron chi connectivity index (χ1n) is 6.23. The van der Waals surface area contributed by atoms with Gasteiger partial charge in [0.2, 0.25) is 0 Å². The summed E-state index contributed by atoms with van der Waals surface area (Å²) in [6.45, 7) is 0.631. The van der Waals surface area contributed by atoms with E-state index >= 15 is 0 Å². The summed E-state index contributed by atoms with van der Waals surface area (Å²) in [4.78, 5) is 0. The molecule has 0 saturated heterocycles. The van der Waals surface area contributed by atoms with Crippen molar-refractivity contribution in [2.75, 3.05) is 5.32 Å². The van der Waals surface area contributed by atoms with Crippen LogP contribution in [-0.2, 0) is 6.54 Å². The van der Waals surface area contributed by atoms with E-state index in [-0.39, 0.29) is 0 Å². The Morgan fingerprint density at radius 3 is 2.60 bits per heavy atom. The van der Waals surface area contributed by atoms with Crippen molar-refractivity contribution in [2.24, 2.45) is 0 Å². The van der Waals surface area contributed by atoms with Crippen molar-refractivity contribution in [3.05, 3.63) is 65.7 Å². The van der Waals surface area contributed by atoms with E-state index in [1.165, 1.54) is 11.5 Å². The molecule has 100 valence electrons. The first kappa shape index (κ1) is 12.6. The van der Waals surface area contributed by atoms with E-state index in [0.717, 1.165) is 22.9 Å². The summed E-state index contributed by atoms with van der Waals surface area (Å²) in [6, 6.07) is 17.6. The molecule has 0 aliphatic heterocycles. The van der Waals surface area contributed by atoms with Crippen LogP contribution in [0.15, 0.2) is 60.0 Å². The number of rotatable bonds is 5. The lowest BCUT2D eigenvalue weighted by molar-refractivity contribution is 0.484. The number of aromatic nitrogens is 2. The minimum atomic E-state index is 0.631. The number of anilines is 1. The molecule has 20 heavy (non-hydrogen) atoms. The molecule has 0 amide bonds. The van der Waals surface area contributed by atoms with Gasteiger partial charge in [-0.1, -0.05) is 34.8 Å². The van der Waals surface area contributed by atoms with Crippen LogP contribution in [0.3, 0.4) is 0 Å². The third-order valence-corrected chi connectivity index (χ3v) is 3.28. The molecule has 3 aromatic rings. The topological polar surface area (TPSA) is 47.0 Å². The van der Waals surface area contributed by atoms with E-state index < -0.39 is 0 Å². The Kier molecular flexibility index (Phi) is 3.89. The summed E-state index contributed by atoms with van der Waals surface area (Å²) in [5, 5.41) is 9.25. The van der Waals surface area contributed by atoms with Gasteiger partial charge >= 0.3 is 0 Å². The quantitative estimate of drug-likeness (QED) is 0.770. The lowest BCUT2D eigenvalue weighted by Crippen LogP contribution is -2.01. The van der Waals surface area contributed by atoms with Crippen LogP contribution >= 0.6 is 11.5 Å². The summed E-state index contributed by atoms with van der Waals surface area (Å²) >= 11 is 1.35. The maximum atomic E-state index is 5.88. The van der Waals surface area contributed by atoms with E-state index in [1.807, 2.05) is 60.0 Å². The zero-order chi connectivity index (χ0) is 13.6. The molecule has 1 aromatic heterocycles. The Morgan fingerprint density at radius 1 is 1.00 bits per heavy atom. The Balaban J connectivity index is 1.74.